The fourth-order valence-electron chi connectivity index (χ4n) is 2.11. The molecule has 2 rings (SSSR count). The highest BCUT2D eigenvalue weighted by molar-refractivity contribution is 6.39. The smallest absolute Gasteiger partial charge is 0.224 e. The number of rotatable bonds is 4. The lowest BCUT2D eigenvalue weighted by molar-refractivity contribution is 0.103. The Hall–Kier alpha value is -1.96. The van der Waals surface area contributed by atoms with Crippen molar-refractivity contribution < 1.29 is 9.53 Å². The summed E-state index contributed by atoms with van der Waals surface area (Å²) in [7, 11) is 1.67. The highest BCUT2D eigenvalue weighted by Crippen LogP contribution is 2.33. The number of aromatic nitrogens is 2. The summed E-state index contributed by atoms with van der Waals surface area (Å²) in [5, 5.41) is 4.92. The van der Waals surface area contributed by atoms with Crippen molar-refractivity contribution in [3.8, 4) is 18.2 Å². The number of hydrogen-bond donors (Lipinski definition) is 0. The van der Waals surface area contributed by atoms with Crippen LogP contribution in [0.3, 0.4) is 0 Å². The molecule has 2 aromatic rings. The Morgan fingerprint density at radius 1 is 1.36 bits per heavy atom. The Kier molecular flexibility index (Phi) is 4.80. The van der Waals surface area contributed by atoms with Crippen molar-refractivity contribution >= 4 is 29.0 Å². The van der Waals surface area contributed by atoms with Crippen molar-refractivity contribution in [3.63, 3.8) is 0 Å². The lowest BCUT2D eigenvalue weighted by Gasteiger charge is -2.11. The van der Waals surface area contributed by atoms with E-state index in [1.807, 2.05) is 6.92 Å². The fourth-order valence-corrected chi connectivity index (χ4v) is 2.54. The van der Waals surface area contributed by atoms with E-state index >= 15 is 0 Å². The number of terminal acetylenes is 1. The predicted molar refractivity (Wildman–Crippen MR) is 86.9 cm³/mol. The minimum Gasteiger partial charge on any atom is -0.464 e. The zero-order valence-electron chi connectivity index (χ0n) is 12.4. The van der Waals surface area contributed by atoms with E-state index in [9.17, 15) is 4.79 Å². The zero-order valence-corrected chi connectivity index (χ0v) is 13.9. The number of nitrogens with zero attached hydrogens (tertiary/aromatic N) is 2. The van der Waals surface area contributed by atoms with Gasteiger partial charge in [0.2, 0.25) is 11.7 Å². The maximum absolute atomic E-state index is 12.8. The van der Waals surface area contributed by atoms with E-state index in [0.29, 0.717) is 32.6 Å². The number of benzene rings is 1. The molecule has 1 aromatic heterocycles. The average Bonchev–Trinajstić information content (AvgIpc) is 2.87. The Labute approximate surface area is 139 Å². The number of aryl methyl sites for hydroxylation is 2. The van der Waals surface area contributed by atoms with Crippen LogP contribution in [-0.2, 0) is 7.05 Å². The van der Waals surface area contributed by atoms with E-state index in [4.69, 9.17) is 34.4 Å². The summed E-state index contributed by atoms with van der Waals surface area (Å²) in [6.45, 7) is 3.64. The molecule has 1 heterocycles. The van der Waals surface area contributed by atoms with Gasteiger partial charge >= 0.3 is 0 Å². The van der Waals surface area contributed by atoms with Gasteiger partial charge in [-0.2, -0.15) is 5.10 Å². The molecular formula is C16H14Cl2N2O2. The molecule has 0 saturated carbocycles. The minimum absolute atomic E-state index is 0.0478. The second-order valence-corrected chi connectivity index (χ2v) is 5.56. The molecule has 4 nitrogen and oxygen atoms in total. The van der Waals surface area contributed by atoms with Gasteiger partial charge in [-0.25, -0.2) is 4.68 Å². The van der Waals surface area contributed by atoms with Gasteiger partial charge in [-0.05, 0) is 31.0 Å². The third-order valence-corrected chi connectivity index (χ3v) is 4.34. The standard InChI is InChI=1S/C16H14Cl2N2O2/c1-5-6-22-16-12(8-19-20(16)4)15(21)11-7-9(2)13(17)10(3)14(11)18/h1,7-8H,6H2,2-4H3. The number of carbonyl (C=O) groups excluding carboxylic acids is 1. The van der Waals surface area contributed by atoms with Gasteiger partial charge < -0.3 is 4.74 Å². The molecule has 0 spiro atoms. The quantitative estimate of drug-likeness (QED) is 0.633. The van der Waals surface area contributed by atoms with Crippen LogP contribution in [0.1, 0.15) is 27.0 Å². The molecule has 0 aliphatic carbocycles. The van der Waals surface area contributed by atoms with Crippen LogP contribution in [0.4, 0.5) is 0 Å². The highest BCUT2D eigenvalue weighted by atomic mass is 35.5. The first-order valence-corrected chi connectivity index (χ1v) is 7.22. The van der Waals surface area contributed by atoms with Crippen LogP contribution in [0.2, 0.25) is 10.0 Å². The van der Waals surface area contributed by atoms with Crippen molar-refractivity contribution in [1.82, 2.24) is 9.78 Å². The summed E-state index contributed by atoms with van der Waals surface area (Å²) in [5.74, 6) is 2.38. The van der Waals surface area contributed by atoms with Crippen LogP contribution in [0, 0.1) is 26.2 Å². The molecule has 114 valence electrons. The Balaban J connectivity index is 2.53. The summed E-state index contributed by atoms with van der Waals surface area (Å²) in [5.41, 5.74) is 2.11. The summed E-state index contributed by atoms with van der Waals surface area (Å²) in [6, 6.07) is 1.66. The number of hydrogen-bond acceptors (Lipinski definition) is 3. The second-order valence-electron chi connectivity index (χ2n) is 4.80. The van der Waals surface area contributed by atoms with Crippen molar-refractivity contribution in [1.29, 1.82) is 0 Å². The van der Waals surface area contributed by atoms with Gasteiger partial charge in [0.1, 0.15) is 5.56 Å². The van der Waals surface area contributed by atoms with E-state index in [0.717, 1.165) is 5.56 Å². The maximum atomic E-state index is 12.8. The van der Waals surface area contributed by atoms with Crippen molar-refractivity contribution in [3.05, 3.63) is 44.6 Å². The van der Waals surface area contributed by atoms with Crippen molar-refractivity contribution in [2.45, 2.75) is 13.8 Å². The second kappa shape index (κ2) is 6.43. The van der Waals surface area contributed by atoms with Crippen molar-refractivity contribution in [2.24, 2.45) is 7.05 Å². The lowest BCUT2D eigenvalue weighted by Crippen LogP contribution is -2.08. The first-order chi connectivity index (χ1) is 10.4. The van der Waals surface area contributed by atoms with Crippen LogP contribution < -0.4 is 4.74 Å². The summed E-state index contributed by atoms with van der Waals surface area (Å²) in [4.78, 5) is 12.8. The predicted octanol–water partition coefficient (Wildman–Crippen LogP) is 3.59. The number of carbonyl (C=O) groups is 1. The molecule has 1 aromatic carbocycles. The first kappa shape index (κ1) is 16.4. The highest BCUT2D eigenvalue weighted by Gasteiger charge is 2.23. The SMILES string of the molecule is C#CCOc1c(C(=O)c2cc(C)c(Cl)c(C)c2Cl)cnn1C. The van der Waals surface area contributed by atoms with Crippen LogP contribution in [0.25, 0.3) is 0 Å². The minimum atomic E-state index is -0.284. The van der Waals surface area contributed by atoms with Gasteiger partial charge in [0, 0.05) is 17.6 Å². The Bertz CT molecular complexity index is 788. The van der Waals surface area contributed by atoms with E-state index in [2.05, 4.69) is 11.0 Å². The fraction of sp³-hybridized carbons (Fsp3) is 0.250. The van der Waals surface area contributed by atoms with Crippen LogP contribution >= 0.6 is 23.2 Å². The van der Waals surface area contributed by atoms with Gasteiger partial charge in [0.15, 0.2) is 6.61 Å². The van der Waals surface area contributed by atoms with Crippen LogP contribution in [0.5, 0.6) is 5.88 Å². The Morgan fingerprint density at radius 2 is 2.05 bits per heavy atom. The molecule has 0 amide bonds. The molecule has 0 N–H and O–H groups in total. The zero-order chi connectivity index (χ0) is 16.4. The average molecular weight is 337 g/mol. The lowest BCUT2D eigenvalue weighted by atomic mass is 10.0. The Morgan fingerprint density at radius 3 is 2.68 bits per heavy atom. The normalized spacial score (nSPS) is 10.4. The van der Waals surface area contributed by atoms with Crippen LogP contribution in [0.15, 0.2) is 12.3 Å². The molecule has 0 radical (unpaired) electrons. The van der Waals surface area contributed by atoms with E-state index < -0.39 is 0 Å². The van der Waals surface area contributed by atoms with Gasteiger partial charge in [-0.15, -0.1) is 6.42 Å². The third kappa shape index (κ3) is 2.83. The van der Waals surface area contributed by atoms with Gasteiger partial charge in [-0.1, -0.05) is 29.1 Å². The molecule has 0 saturated heterocycles. The first-order valence-electron chi connectivity index (χ1n) is 6.46. The molecule has 0 atom stereocenters. The molecule has 0 aliphatic rings. The molecular weight excluding hydrogens is 323 g/mol. The van der Waals surface area contributed by atoms with Gasteiger partial charge in [0.05, 0.1) is 11.2 Å². The number of ether oxygens (including phenoxy) is 1. The summed E-state index contributed by atoms with van der Waals surface area (Å²) in [6.07, 6.45) is 6.62. The molecule has 0 aliphatic heterocycles. The summed E-state index contributed by atoms with van der Waals surface area (Å²) >= 11 is 12.4. The largest absolute Gasteiger partial charge is 0.464 e. The maximum Gasteiger partial charge on any atom is 0.224 e. The topological polar surface area (TPSA) is 44.1 Å². The molecule has 6 heteroatoms. The number of ketones is 1. The van der Waals surface area contributed by atoms with Crippen LogP contribution in [-0.4, -0.2) is 22.2 Å². The van der Waals surface area contributed by atoms with E-state index in [1.54, 1.807) is 20.0 Å². The molecule has 0 bridgehead atoms. The third-order valence-electron chi connectivity index (χ3n) is 3.27. The summed E-state index contributed by atoms with van der Waals surface area (Å²) < 4.78 is 6.85. The van der Waals surface area contributed by atoms with Crippen molar-refractivity contribution in [2.75, 3.05) is 6.61 Å². The van der Waals surface area contributed by atoms with Gasteiger partial charge in [0.25, 0.3) is 0 Å². The number of halogens is 2. The van der Waals surface area contributed by atoms with E-state index in [1.165, 1.54) is 10.9 Å². The van der Waals surface area contributed by atoms with Gasteiger partial charge in [-0.3, -0.25) is 4.79 Å². The monoisotopic (exact) mass is 336 g/mol. The van der Waals surface area contributed by atoms with E-state index in [-0.39, 0.29) is 12.4 Å². The molecule has 22 heavy (non-hydrogen) atoms. The molecule has 0 unspecified atom stereocenters. The molecule has 0 fully saturated rings.